The third kappa shape index (κ3) is 4.74. The molecule has 6 heteroatoms. The molecule has 0 aromatic carbocycles. The quantitative estimate of drug-likeness (QED) is 0.807. The van der Waals surface area contributed by atoms with Crippen molar-refractivity contribution in [1.82, 2.24) is 14.9 Å². The largest absolute Gasteiger partial charge is 0.370 e. The van der Waals surface area contributed by atoms with Crippen LogP contribution in [0.4, 0.5) is 11.6 Å². The van der Waals surface area contributed by atoms with Crippen LogP contribution >= 0.6 is 11.8 Å². The van der Waals surface area contributed by atoms with Crippen LogP contribution in [0.15, 0.2) is 6.33 Å². The molecule has 0 unspecified atom stereocenters. The van der Waals surface area contributed by atoms with Gasteiger partial charge in [0.1, 0.15) is 18.0 Å². The fourth-order valence-electron chi connectivity index (χ4n) is 2.55. The first kappa shape index (κ1) is 16.4. The van der Waals surface area contributed by atoms with Gasteiger partial charge >= 0.3 is 0 Å². The monoisotopic (exact) mass is 309 g/mol. The van der Waals surface area contributed by atoms with Gasteiger partial charge in [-0.15, -0.1) is 0 Å². The average molecular weight is 309 g/mol. The Bertz CT molecular complexity index is 432. The van der Waals surface area contributed by atoms with Crippen molar-refractivity contribution >= 4 is 23.4 Å². The molecule has 0 spiro atoms. The highest BCUT2D eigenvalue weighted by Gasteiger charge is 2.15. The van der Waals surface area contributed by atoms with Crippen LogP contribution in [0, 0.1) is 0 Å². The summed E-state index contributed by atoms with van der Waals surface area (Å²) in [6.07, 6.45) is 1.64. The molecule has 118 valence electrons. The van der Waals surface area contributed by atoms with E-state index in [0.717, 1.165) is 31.3 Å². The summed E-state index contributed by atoms with van der Waals surface area (Å²) in [5.41, 5.74) is 1.19. The van der Waals surface area contributed by atoms with Crippen LogP contribution in [0.5, 0.6) is 0 Å². The molecule has 0 atom stereocenters. The number of anilines is 2. The maximum absolute atomic E-state index is 4.44. The summed E-state index contributed by atoms with van der Waals surface area (Å²) in [6.45, 7) is 11.8. The minimum Gasteiger partial charge on any atom is -0.370 e. The van der Waals surface area contributed by atoms with Gasteiger partial charge in [0.05, 0.1) is 0 Å². The van der Waals surface area contributed by atoms with E-state index in [2.05, 4.69) is 58.0 Å². The Labute approximate surface area is 132 Å². The number of hydrogen-bond donors (Lipinski definition) is 2. The zero-order valence-corrected chi connectivity index (χ0v) is 14.2. The lowest BCUT2D eigenvalue weighted by molar-refractivity contribution is 0.314. The number of nitrogens with one attached hydrogen (secondary N) is 2. The predicted molar refractivity (Wildman–Crippen MR) is 92.5 cm³/mol. The van der Waals surface area contributed by atoms with Gasteiger partial charge in [0.25, 0.3) is 0 Å². The Hall–Kier alpha value is -1.01. The van der Waals surface area contributed by atoms with Gasteiger partial charge in [-0.2, -0.15) is 11.8 Å². The molecule has 0 radical (unpaired) electrons. The van der Waals surface area contributed by atoms with Crippen LogP contribution in [-0.4, -0.2) is 59.1 Å². The van der Waals surface area contributed by atoms with Gasteiger partial charge in [-0.1, -0.05) is 13.8 Å². The molecule has 2 N–H and O–H groups in total. The molecule has 0 aliphatic carbocycles. The fraction of sp³-hybridized carbons (Fsp3) is 0.733. The van der Waals surface area contributed by atoms with E-state index < -0.39 is 0 Å². The van der Waals surface area contributed by atoms with E-state index in [1.807, 2.05) is 0 Å². The van der Waals surface area contributed by atoms with Crippen molar-refractivity contribution in [2.45, 2.75) is 26.7 Å². The highest BCUT2D eigenvalue weighted by Crippen LogP contribution is 2.28. The minimum absolute atomic E-state index is 0.397. The first-order valence-corrected chi connectivity index (χ1v) is 9.00. The average Bonchev–Trinajstić information content (AvgIpc) is 2.48. The van der Waals surface area contributed by atoms with E-state index in [4.69, 9.17) is 0 Å². The molecule has 2 rings (SSSR count). The van der Waals surface area contributed by atoms with Gasteiger partial charge in [0, 0.05) is 49.8 Å². The second-order valence-electron chi connectivity index (χ2n) is 5.55. The first-order chi connectivity index (χ1) is 10.2. The van der Waals surface area contributed by atoms with Crippen LogP contribution < -0.4 is 10.6 Å². The molecule has 1 saturated heterocycles. The Balaban J connectivity index is 1.96. The fourth-order valence-corrected chi connectivity index (χ4v) is 3.53. The summed E-state index contributed by atoms with van der Waals surface area (Å²) in [6, 6.07) is 0. The SMILES string of the molecule is CCNc1ncnc(NCCN2CCSCC2)c1C(C)C. The van der Waals surface area contributed by atoms with Crippen molar-refractivity contribution in [3.63, 3.8) is 0 Å². The Morgan fingerprint density at radius 3 is 2.48 bits per heavy atom. The van der Waals surface area contributed by atoms with Crippen LogP contribution in [0.3, 0.4) is 0 Å². The van der Waals surface area contributed by atoms with Gasteiger partial charge in [-0.25, -0.2) is 9.97 Å². The Morgan fingerprint density at radius 2 is 1.86 bits per heavy atom. The van der Waals surface area contributed by atoms with Crippen molar-refractivity contribution in [3.05, 3.63) is 11.9 Å². The third-order valence-electron chi connectivity index (χ3n) is 3.63. The van der Waals surface area contributed by atoms with Gasteiger partial charge in [0.15, 0.2) is 0 Å². The van der Waals surface area contributed by atoms with E-state index >= 15 is 0 Å². The van der Waals surface area contributed by atoms with Crippen molar-refractivity contribution in [1.29, 1.82) is 0 Å². The number of aromatic nitrogens is 2. The molecule has 1 aliphatic rings. The van der Waals surface area contributed by atoms with Crippen molar-refractivity contribution < 1.29 is 0 Å². The van der Waals surface area contributed by atoms with Gasteiger partial charge < -0.3 is 10.6 Å². The van der Waals surface area contributed by atoms with Gasteiger partial charge in [0.2, 0.25) is 0 Å². The van der Waals surface area contributed by atoms with Crippen LogP contribution in [0.1, 0.15) is 32.3 Å². The molecule has 2 heterocycles. The van der Waals surface area contributed by atoms with E-state index in [1.165, 1.54) is 30.2 Å². The smallest absolute Gasteiger partial charge is 0.135 e. The number of rotatable bonds is 7. The summed E-state index contributed by atoms with van der Waals surface area (Å²) < 4.78 is 0. The Morgan fingerprint density at radius 1 is 1.19 bits per heavy atom. The number of nitrogens with zero attached hydrogens (tertiary/aromatic N) is 3. The maximum Gasteiger partial charge on any atom is 0.135 e. The molecule has 21 heavy (non-hydrogen) atoms. The second kappa shape index (κ2) is 8.44. The molecule has 5 nitrogen and oxygen atoms in total. The van der Waals surface area contributed by atoms with Crippen LogP contribution in [0.25, 0.3) is 0 Å². The summed E-state index contributed by atoms with van der Waals surface area (Å²) in [7, 11) is 0. The van der Waals surface area contributed by atoms with Gasteiger partial charge in [-0.3, -0.25) is 4.90 Å². The number of hydrogen-bond acceptors (Lipinski definition) is 6. The van der Waals surface area contributed by atoms with E-state index in [-0.39, 0.29) is 0 Å². The highest BCUT2D eigenvalue weighted by molar-refractivity contribution is 7.99. The van der Waals surface area contributed by atoms with E-state index in [9.17, 15) is 0 Å². The highest BCUT2D eigenvalue weighted by atomic mass is 32.2. The maximum atomic E-state index is 4.44. The molecule has 1 aliphatic heterocycles. The zero-order chi connectivity index (χ0) is 15.1. The molecular weight excluding hydrogens is 282 g/mol. The molecule has 0 bridgehead atoms. The lowest BCUT2D eigenvalue weighted by Gasteiger charge is -2.26. The second-order valence-corrected chi connectivity index (χ2v) is 6.78. The normalized spacial score (nSPS) is 16.2. The molecule has 0 saturated carbocycles. The van der Waals surface area contributed by atoms with Crippen LogP contribution in [0.2, 0.25) is 0 Å². The zero-order valence-electron chi connectivity index (χ0n) is 13.4. The summed E-state index contributed by atoms with van der Waals surface area (Å²) in [5.74, 6) is 4.85. The lowest BCUT2D eigenvalue weighted by atomic mass is 10.0. The van der Waals surface area contributed by atoms with Crippen molar-refractivity contribution in [2.24, 2.45) is 0 Å². The van der Waals surface area contributed by atoms with Crippen molar-refractivity contribution in [2.75, 3.05) is 54.9 Å². The summed E-state index contributed by atoms with van der Waals surface area (Å²) in [4.78, 5) is 11.3. The van der Waals surface area contributed by atoms with E-state index in [0.29, 0.717) is 5.92 Å². The first-order valence-electron chi connectivity index (χ1n) is 7.85. The standard InChI is InChI=1S/C15H27N5S/c1-4-16-14-13(12(2)3)15(19-11-18-14)17-5-6-20-7-9-21-10-8-20/h11-12H,4-10H2,1-3H3,(H2,16,17,18,19). The third-order valence-corrected chi connectivity index (χ3v) is 4.57. The molecule has 1 aromatic heterocycles. The van der Waals surface area contributed by atoms with Crippen molar-refractivity contribution in [3.8, 4) is 0 Å². The minimum atomic E-state index is 0.397. The topological polar surface area (TPSA) is 53.1 Å². The number of thioether (sulfide) groups is 1. The van der Waals surface area contributed by atoms with Gasteiger partial charge in [-0.05, 0) is 12.8 Å². The summed E-state index contributed by atoms with van der Waals surface area (Å²) in [5, 5.41) is 6.83. The molecule has 0 amide bonds. The summed E-state index contributed by atoms with van der Waals surface area (Å²) >= 11 is 2.05. The van der Waals surface area contributed by atoms with Crippen LogP contribution in [-0.2, 0) is 0 Å². The predicted octanol–water partition coefficient (Wildman–Crippen LogP) is 2.49. The Kier molecular flexibility index (Phi) is 6.57. The molecule has 1 aromatic rings. The van der Waals surface area contributed by atoms with E-state index in [1.54, 1.807) is 6.33 Å². The molecular formula is C15H27N5S. The lowest BCUT2D eigenvalue weighted by Crippen LogP contribution is -2.36. The molecule has 1 fully saturated rings.